The molecule has 1 fully saturated rings. The zero-order valence-electron chi connectivity index (χ0n) is 14.3. The first-order valence-corrected chi connectivity index (χ1v) is 9.14. The average molecular weight is 389 g/mol. The Morgan fingerprint density at radius 1 is 1.27 bits per heavy atom. The van der Waals surface area contributed by atoms with Gasteiger partial charge in [-0.25, -0.2) is 4.99 Å². The van der Waals surface area contributed by atoms with Crippen molar-refractivity contribution in [3.8, 4) is 11.5 Å². The van der Waals surface area contributed by atoms with Gasteiger partial charge in [-0.2, -0.15) is 0 Å². The third-order valence-electron chi connectivity index (χ3n) is 3.76. The first kappa shape index (κ1) is 18.4. The first-order valence-electron chi connectivity index (χ1n) is 7.94. The molecule has 0 aliphatic carbocycles. The van der Waals surface area contributed by atoms with Gasteiger partial charge in [-0.1, -0.05) is 17.7 Å². The van der Waals surface area contributed by atoms with Crippen molar-refractivity contribution >= 4 is 46.2 Å². The van der Waals surface area contributed by atoms with E-state index in [-0.39, 0.29) is 11.7 Å². The molecule has 1 aliphatic rings. The molecule has 3 rings (SSSR count). The number of likely N-dealkylation sites (N-methyl/N-ethyl adjacent to an activating group) is 1. The number of aliphatic imine (C=N–C) groups is 1. The Kier molecular flexibility index (Phi) is 5.54. The third-order valence-corrected chi connectivity index (χ3v) is 5.02. The molecule has 0 unspecified atom stereocenters. The normalized spacial score (nSPS) is 17.3. The Labute approximate surface area is 160 Å². The minimum absolute atomic E-state index is 0.0558. The van der Waals surface area contributed by atoms with Crippen LogP contribution in [0.1, 0.15) is 12.5 Å². The van der Waals surface area contributed by atoms with Crippen LogP contribution in [-0.4, -0.2) is 34.7 Å². The van der Waals surface area contributed by atoms with E-state index in [1.165, 1.54) is 24.9 Å². The van der Waals surface area contributed by atoms with Crippen molar-refractivity contribution in [2.24, 2.45) is 4.99 Å². The van der Waals surface area contributed by atoms with E-state index in [0.29, 0.717) is 27.4 Å². The number of hydrogen-bond donors (Lipinski definition) is 1. The van der Waals surface area contributed by atoms with E-state index < -0.39 is 0 Å². The van der Waals surface area contributed by atoms with Gasteiger partial charge in [0.15, 0.2) is 16.7 Å². The topological polar surface area (TPSA) is 62.1 Å². The van der Waals surface area contributed by atoms with E-state index in [2.05, 4.69) is 4.99 Å². The van der Waals surface area contributed by atoms with Gasteiger partial charge in [0.05, 0.1) is 17.7 Å². The lowest BCUT2D eigenvalue weighted by Crippen LogP contribution is -2.28. The van der Waals surface area contributed by atoms with Crippen molar-refractivity contribution in [3.05, 3.63) is 58.0 Å². The van der Waals surface area contributed by atoms with Crippen molar-refractivity contribution in [1.82, 2.24) is 4.90 Å². The fourth-order valence-electron chi connectivity index (χ4n) is 2.43. The van der Waals surface area contributed by atoms with E-state index in [1.807, 2.05) is 6.92 Å². The molecule has 0 saturated carbocycles. The predicted molar refractivity (Wildman–Crippen MR) is 106 cm³/mol. The van der Waals surface area contributed by atoms with Gasteiger partial charge in [-0.05, 0) is 66.7 Å². The second kappa shape index (κ2) is 7.85. The standard InChI is InChI=1S/C19H17ClN2O3S/c1-3-22-18(24)17(11-12-4-9-15(23)16(10-12)25-2)26-19(22)21-14-7-5-13(20)6-8-14/h4-11,23H,3H2,1-2H3/b17-11+,21-19?. The summed E-state index contributed by atoms with van der Waals surface area (Å²) in [6.45, 7) is 2.43. The fraction of sp³-hybridized carbons (Fsp3) is 0.158. The van der Waals surface area contributed by atoms with E-state index in [0.717, 1.165) is 11.3 Å². The number of amides is 1. The summed E-state index contributed by atoms with van der Waals surface area (Å²) in [4.78, 5) is 19.4. The number of carbonyl (C=O) groups excluding carboxylic acids is 1. The predicted octanol–water partition coefficient (Wildman–Crippen LogP) is 4.68. The number of carbonyl (C=O) groups is 1. The lowest BCUT2D eigenvalue weighted by atomic mass is 10.2. The highest BCUT2D eigenvalue weighted by molar-refractivity contribution is 8.18. The van der Waals surface area contributed by atoms with E-state index in [9.17, 15) is 9.90 Å². The number of ether oxygens (including phenoxy) is 1. The van der Waals surface area contributed by atoms with Gasteiger partial charge in [0.1, 0.15) is 0 Å². The monoisotopic (exact) mass is 388 g/mol. The summed E-state index contributed by atoms with van der Waals surface area (Å²) in [5.74, 6) is 0.315. The van der Waals surface area contributed by atoms with E-state index >= 15 is 0 Å². The molecule has 26 heavy (non-hydrogen) atoms. The molecule has 2 aromatic carbocycles. The van der Waals surface area contributed by atoms with Gasteiger partial charge in [-0.3, -0.25) is 9.69 Å². The molecule has 0 atom stereocenters. The van der Waals surface area contributed by atoms with Gasteiger partial charge in [0, 0.05) is 11.6 Å². The van der Waals surface area contributed by atoms with Crippen LogP contribution in [0.4, 0.5) is 5.69 Å². The number of aromatic hydroxyl groups is 1. The zero-order valence-corrected chi connectivity index (χ0v) is 15.8. The molecular formula is C19H17ClN2O3S. The summed E-state index contributed by atoms with van der Waals surface area (Å²) in [7, 11) is 1.48. The average Bonchev–Trinajstić information content (AvgIpc) is 2.93. The summed E-state index contributed by atoms with van der Waals surface area (Å²) in [6.07, 6.45) is 1.77. The first-order chi connectivity index (χ1) is 12.5. The summed E-state index contributed by atoms with van der Waals surface area (Å²) >= 11 is 7.22. The highest BCUT2D eigenvalue weighted by Gasteiger charge is 2.32. The molecule has 5 nitrogen and oxygen atoms in total. The summed E-state index contributed by atoms with van der Waals surface area (Å²) in [6, 6.07) is 12.1. The van der Waals surface area contributed by atoms with Crippen molar-refractivity contribution < 1.29 is 14.6 Å². The second-order valence-corrected chi connectivity index (χ2v) is 6.91. The van der Waals surface area contributed by atoms with Gasteiger partial charge < -0.3 is 9.84 Å². The maximum atomic E-state index is 12.7. The van der Waals surface area contributed by atoms with Crippen LogP contribution in [0, 0.1) is 0 Å². The Hall–Kier alpha value is -2.44. The summed E-state index contributed by atoms with van der Waals surface area (Å²) in [5, 5.41) is 11.0. The smallest absolute Gasteiger partial charge is 0.266 e. The van der Waals surface area contributed by atoms with Crippen molar-refractivity contribution in [3.63, 3.8) is 0 Å². The van der Waals surface area contributed by atoms with E-state index in [1.54, 1.807) is 47.4 Å². The molecular weight excluding hydrogens is 372 g/mol. The van der Waals surface area contributed by atoms with Gasteiger partial charge >= 0.3 is 0 Å². The van der Waals surface area contributed by atoms with Crippen LogP contribution in [0.2, 0.25) is 5.02 Å². The summed E-state index contributed by atoms with van der Waals surface area (Å²) < 4.78 is 5.11. The number of hydrogen-bond acceptors (Lipinski definition) is 5. The molecule has 0 spiro atoms. The molecule has 1 amide bonds. The number of halogens is 1. The van der Waals surface area contributed by atoms with Crippen LogP contribution < -0.4 is 4.74 Å². The summed E-state index contributed by atoms with van der Waals surface area (Å²) in [5.41, 5.74) is 1.50. The third kappa shape index (κ3) is 3.86. The Morgan fingerprint density at radius 2 is 2.00 bits per heavy atom. The van der Waals surface area contributed by atoms with Crippen molar-refractivity contribution in [1.29, 1.82) is 0 Å². The van der Waals surface area contributed by atoms with Crippen LogP contribution in [0.5, 0.6) is 11.5 Å². The van der Waals surface area contributed by atoms with Crippen LogP contribution in [0.3, 0.4) is 0 Å². The van der Waals surface area contributed by atoms with Gasteiger partial charge in [-0.15, -0.1) is 0 Å². The molecule has 1 saturated heterocycles. The molecule has 2 aromatic rings. The second-order valence-electron chi connectivity index (χ2n) is 5.46. The highest BCUT2D eigenvalue weighted by atomic mass is 35.5. The van der Waals surface area contributed by atoms with Crippen LogP contribution in [-0.2, 0) is 4.79 Å². The number of phenols is 1. The number of thioether (sulfide) groups is 1. The van der Waals surface area contributed by atoms with Crippen molar-refractivity contribution in [2.75, 3.05) is 13.7 Å². The number of rotatable bonds is 4. The number of phenolic OH excluding ortho intramolecular Hbond substituents is 1. The molecule has 1 heterocycles. The molecule has 0 bridgehead atoms. The highest BCUT2D eigenvalue weighted by Crippen LogP contribution is 2.35. The molecule has 0 radical (unpaired) electrons. The fourth-order valence-corrected chi connectivity index (χ4v) is 3.62. The largest absolute Gasteiger partial charge is 0.504 e. The number of benzene rings is 2. The Morgan fingerprint density at radius 3 is 2.65 bits per heavy atom. The number of methoxy groups -OCH3 is 1. The molecule has 0 aromatic heterocycles. The minimum atomic E-state index is -0.0998. The molecule has 134 valence electrons. The van der Waals surface area contributed by atoms with Crippen LogP contribution in [0.15, 0.2) is 52.4 Å². The van der Waals surface area contributed by atoms with Crippen molar-refractivity contribution in [2.45, 2.75) is 6.92 Å². The molecule has 7 heteroatoms. The van der Waals surface area contributed by atoms with Gasteiger partial charge in [0.25, 0.3) is 5.91 Å². The number of amidine groups is 1. The lowest BCUT2D eigenvalue weighted by Gasteiger charge is -2.11. The zero-order chi connectivity index (χ0) is 18.7. The lowest BCUT2D eigenvalue weighted by molar-refractivity contribution is -0.122. The Balaban J connectivity index is 1.92. The maximum Gasteiger partial charge on any atom is 0.266 e. The quantitative estimate of drug-likeness (QED) is 0.772. The number of nitrogens with zero attached hydrogens (tertiary/aromatic N) is 2. The van der Waals surface area contributed by atoms with E-state index in [4.69, 9.17) is 16.3 Å². The minimum Gasteiger partial charge on any atom is -0.504 e. The molecule has 1 N–H and O–H groups in total. The SMILES string of the molecule is CCN1C(=O)/C(=C\c2ccc(O)c(OC)c2)SC1=Nc1ccc(Cl)cc1. The Bertz CT molecular complexity index is 894. The van der Waals surface area contributed by atoms with Gasteiger partial charge in [0.2, 0.25) is 0 Å². The van der Waals surface area contributed by atoms with Crippen LogP contribution >= 0.6 is 23.4 Å². The van der Waals surface area contributed by atoms with Crippen LogP contribution in [0.25, 0.3) is 6.08 Å². The maximum absolute atomic E-state index is 12.7. The molecule has 1 aliphatic heterocycles.